The van der Waals surface area contributed by atoms with E-state index in [0.29, 0.717) is 33.0 Å². The molecule has 3 aromatic rings. The van der Waals surface area contributed by atoms with E-state index in [-0.39, 0.29) is 17.3 Å². The number of halogens is 1. The molecule has 3 aromatic carbocycles. The topological polar surface area (TPSA) is 70.0 Å². The van der Waals surface area contributed by atoms with Gasteiger partial charge in [0.25, 0.3) is 0 Å². The smallest absolute Gasteiger partial charge is 0.173 e. The molecule has 1 N–H and O–H groups in total. The number of ketones is 2. The molecule has 0 radical (unpaired) electrons. The molecule has 0 aliphatic carbocycles. The normalized spacial score (nSPS) is 15.9. The summed E-state index contributed by atoms with van der Waals surface area (Å²) in [5, 5.41) is 15.7. The van der Waals surface area contributed by atoms with Gasteiger partial charge in [-0.15, -0.1) is 0 Å². The van der Waals surface area contributed by atoms with Crippen molar-refractivity contribution in [3.8, 4) is 6.07 Å². The average molecular weight is 457 g/mol. The van der Waals surface area contributed by atoms with Crippen LogP contribution in [-0.2, 0) is 4.79 Å². The van der Waals surface area contributed by atoms with E-state index in [1.807, 2.05) is 36.4 Å². The minimum Gasteiger partial charge on any atom is -0.353 e. The molecule has 0 saturated carbocycles. The van der Waals surface area contributed by atoms with Crippen LogP contribution in [0.3, 0.4) is 0 Å². The second-order valence-corrected chi connectivity index (χ2v) is 8.82. The van der Waals surface area contributed by atoms with Gasteiger partial charge in [0.15, 0.2) is 11.6 Å². The van der Waals surface area contributed by atoms with Gasteiger partial charge in [-0.1, -0.05) is 60.3 Å². The van der Waals surface area contributed by atoms with Gasteiger partial charge in [0.2, 0.25) is 0 Å². The second-order valence-electron chi connectivity index (χ2n) is 7.83. The van der Waals surface area contributed by atoms with Crippen molar-refractivity contribution in [3.63, 3.8) is 0 Å². The third kappa shape index (κ3) is 4.59. The minimum atomic E-state index is -0.618. The highest BCUT2D eigenvalue weighted by atomic mass is 32.2. The molecule has 1 aliphatic heterocycles. The number of carbonyl (C=O) groups excluding carboxylic acids is 2. The Morgan fingerprint density at radius 3 is 2.42 bits per heavy atom. The highest BCUT2D eigenvalue weighted by Gasteiger charge is 2.33. The van der Waals surface area contributed by atoms with E-state index >= 15 is 0 Å². The summed E-state index contributed by atoms with van der Waals surface area (Å²) >= 11 is 1.23. The number of allylic oxidation sites excluding steroid dienone is 3. The van der Waals surface area contributed by atoms with Gasteiger partial charge in [-0.05, 0) is 48.4 Å². The fourth-order valence-corrected chi connectivity index (χ4v) is 5.05. The van der Waals surface area contributed by atoms with Crippen LogP contribution in [0.2, 0.25) is 0 Å². The number of Topliss-reactive ketones (excluding diaryl/α,β-unsaturated/α-hetero) is 2. The number of nitriles is 1. The Balaban J connectivity index is 1.64. The zero-order chi connectivity index (χ0) is 23.5. The molecule has 4 rings (SSSR count). The second kappa shape index (κ2) is 9.43. The molecule has 1 atom stereocenters. The van der Waals surface area contributed by atoms with Crippen LogP contribution in [0.5, 0.6) is 0 Å². The van der Waals surface area contributed by atoms with E-state index < -0.39 is 11.7 Å². The molecular formula is C27H21FN2O2S. The molecule has 1 heterocycles. The third-order valence-electron chi connectivity index (χ3n) is 5.65. The molecule has 6 heteroatoms. The molecule has 0 unspecified atom stereocenters. The maximum atomic E-state index is 13.5. The quantitative estimate of drug-likeness (QED) is 0.469. The molecular weight excluding hydrogens is 435 g/mol. The molecule has 33 heavy (non-hydrogen) atoms. The van der Waals surface area contributed by atoms with Gasteiger partial charge in [-0.2, -0.15) is 5.26 Å². The van der Waals surface area contributed by atoms with Crippen LogP contribution in [0.1, 0.15) is 35.7 Å². The number of fused-ring (bicyclic) bond motifs is 1. The van der Waals surface area contributed by atoms with Gasteiger partial charge in [-0.3, -0.25) is 9.59 Å². The van der Waals surface area contributed by atoms with Gasteiger partial charge in [0, 0.05) is 16.8 Å². The van der Waals surface area contributed by atoms with Crippen LogP contribution < -0.4 is 5.32 Å². The Hall–Kier alpha value is -3.69. The van der Waals surface area contributed by atoms with Crippen LogP contribution in [0.4, 0.5) is 4.39 Å². The first kappa shape index (κ1) is 22.5. The molecule has 0 spiro atoms. The van der Waals surface area contributed by atoms with Gasteiger partial charge < -0.3 is 5.32 Å². The molecule has 0 saturated heterocycles. The predicted octanol–water partition coefficient (Wildman–Crippen LogP) is 5.88. The Labute approximate surface area is 195 Å². The molecule has 0 amide bonds. The SMILES string of the molecule is CC(=O)C1=C(C)NC(SCC(=O)c2ccc3ccccc3c2)=C(C#N)[C@H]1c1ccc(F)cc1. The highest BCUT2D eigenvalue weighted by Crippen LogP contribution is 2.41. The molecule has 4 nitrogen and oxygen atoms in total. The summed E-state index contributed by atoms with van der Waals surface area (Å²) in [4.78, 5) is 25.3. The molecule has 0 bridgehead atoms. The Morgan fingerprint density at radius 1 is 1.06 bits per heavy atom. The highest BCUT2D eigenvalue weighted by molar-refractivity contribution is 8.03. The summed E-state index contributed by atoms with van der Waals surface area (Å²) in [6.45, 7) is 3.22. The van der Waals surface area contributed by atoms with Crippen molar-refractivity contribution in [2.45, 2.75) is 19.8 Å². The van der Waals surface area contributed by atoms with Crippen LogP contribution in [0.15, 0.2) is 88.6 Å². The zero-order valence-corrected chi connectivity index (χ0v) is 19.0. The monoisotopic (exact) mass is 456 g/mol. The molecule has 0 fully saturated rings. The van der Waals surface area contributed by atoms with E-state index in [0.717, 1.165) is 10.8 Å². The molecule has 164 valence electrons. The lowest BCUT2D eigenvalue weighted by Gasteiger charge is -2.29. The first-order chi connectivity index (χ1) is 15.9. The van der Waals surface area contributed by atoms with E-state index in [4.69, 9.17) is 0 Å². The predicted molar refractivity (Wildman–Crippen MR) is 129 cm³/mol. The Morgan fingerprint density at radius 2 is 1.76 bits per heavy atom. The van der Waals surface area contributed by atoms with Crippen molar-refractivity contribution >= 4 is 34.1 Å². The lowest BCUT2D eigenvalue weighted by Crippen LogP contribution is -2.27. The first-order valence-corrected chi connectivity index (χ1v) is 11.4. The van der Waals surface area contributed by atoms with Crippen LogP contribution in [0, 0.1) is 17.1 Å². The summed E-state index contributed by atoms with van der Waals surface area (Å²) in [6, 6.07) is 21.4. The zero-order valence-electron chi connectivity index (χ0n) is 18.2. The van der Waals surface area contributed by atoms with Gasteiger partial charge in [0.05, 0.1) is 28.3 Å². The number of nitrogens with zero attached hydrogens (tertiary/aromatic N) is 1. The number of rotatable bonds is 6. The number of nitrogens with one attached hydrogen (secondary N) is 1. The molecule has 1 aliphatic rings. The Kier molecular flexibility index (Phi) is 6.43. The van der Waals surface area contributed by atoms with Crippen molar-refractivity contribution in [1.82, 2.24) is 5.32 Å². The number of carbonyl (C=O) groups is 2. The molecule has 0 aromatic heterocycles. The summed E-state index contributed by atoms with van der Waals surface area (Å²) in [6.07, 6.45) is 0. The minimum absolute atomic E-state index is 0.0605. The standard InChI is InChI=1S/C27H21FN2O2S/c1-16-25(17(2)31)26(19-9-11-22(28)12-10-19)23(14-29)27(30-16)33-15-24(32)21-8-7-18-5-3-4-6-20(18)13-21/h3-13,26,30H,15H2,1-2H3/t26-/m1/s1. The number of hydrogen-bond acceptors (Lipinski definition) is 5. The summed E-state index contributed by atoms with van der Waals surface area (Å²) < 4.78 is 13.5. The van der Waals surface area contributed by atoms with Gasteiger partial charge in [-0.25, -0.2) is 4.39 Å². The van der Waals surface area contributed by atoms with Crippen molar-refractivity contribution < 1.29 is 14.0 Å². The largest absolute Gasteiger partial charge is 0.353 e. The Bertz CT molecular complexity index is 1370. The van der Waals surface area contributed by atoms with Crippen molar-refractivity contribution in [3.05, 3.63) is 106 Å². The van der Waals surface area contributed by atoms with E-state index in [1.54, 1.807) is 25.1 Å². The third-order valence-corrected chi connectivity index (χ3v) is 6.67. The number of thioether (sulfide) groups is 1. The maximum absolute atomic E-state index is 13.5. The maximum Gasteiger partial charge on any atom is 0.173 e. The van der Waals surface area contributed by atoms with Crippen molar-refractivity contribution in [2.75, 3.05) is 5.75 Å². The summed E-state index contributed by atoms with van der Waals surface area (Å²) in [7, 11) is 0. The fourth-order valence-electron chi connectivity index (χ4n) is 4.07. The number of benzene rings is 3. The van der Waals surface area contributed by atoms with E-state index in [1.165, 1.54) is 30.8 Å². The van der Waals surface area contributed by atoms with Crippen molar-refractivity contribution in [2.24, 2.45) is 0 Å². The lowest BCUT2D eigenvalue weighted by atomic mass is 9.81. The number of dihydropyridines is 1. The van der Waals surface area contributed by atoms with E-state index in [9.17, 15) is 19.2 Å². The number of hydrogen-bond donors (Lipinski definition) is 1. The summed E-state index contributed by atoms with van der Waals surface area (Å²) in [5.41, 5.74) is 2.68. The summed E-state index contributed by atoms with van der Waals surface area (Å²) in [5.74, 6) is -1.11. The van der Waals surface area contributed by atoms with Gasteiger partial charge in [0.1, 0.15) is 5.82 Å². The van der Waals surface area contributed by atoms with Gasteiger partial charge >= 0.3 is 0 Å². The average Bonchev–Trinajstić information content (AvgIpc) is 2.82. The van der Waals surface area contributed by atoms with Crippen LogP contribution >= 0.6 is 11.8 Å². The van der Waals surface area contributed by atoms with Crippen molar-refractivity contribution in [1.29, 1.82) is 5.26 Å². The fraction of sp³-hybridized carbons (Fsp3) is 0.148. The van der Waals surface area contributed by atoms with Crippen LogP contribution in [-0.4, -0.2) is 17.3 Å². The lowest BCUT2D eigenvalue weighted by molar-refractivity contribution is -0.113. The van der Waals surface area contributed by atoms with Crippen LogP contribution in [0.25, 0.3) is 10.8 Å². The van der Waals surface area contributed by atoms with E-state index in [2.05, 4.69) is 11.4 Å². The first-order valence-electron chi connectivity index (χ1n) is 10.4.